The van der Waals surface area contributed by atoms with Gasteiger partial charge in [0.05, 0.1) is 4.21 Å². The summed E-state index contributed by atoms with van der Waals surface area (Å²) >= 11 is 3.79. The van der Waals surface area contributed by atoms with Crippen LogP contribution in [0.25, 0.3) is 0 Å². The lowest BCUT2D eigenvalue weighted by Gasteiger charge is -1.99. The summed E-state index contributed by atoms with van der Waals surface area (Å²) in [5.74, 6) is 1.21. The quantitative estimate of drug-likeness (QED) is 0.578. The maximum absolute atomic E-state index is 3.50. The molecule has 1 saturated carbocycles. The molecule has 0 aliphatic heterocycles. The molecule has 0 bridgehead atoms. The highest BCUT2D eigenvalue weighted by Crippen LogP contribution is 2.23. The lowest BCUT2D eigenvalue weighted by Crippen LogP contribution is -2.18. The van der Waals surface area contributed by atoms with Crippen molar-refractivity contribution in [2.75, 3.05) is 12.3 Å². The molecule has 0 unspecified atom stereocenters. The molecule has 0 aromatic carbocycles. The summed E-state index contributed by atoms with van der Waals surface area (Å²) in [4.78, 5) is 0. The van der Waals surface area contributed by atoms with Gasteiger partial charge in [0.2, 0.25) is 0 Å². The molecule has 0 spiro atoms. The van der Waals surface area contributed by atoms with Gasteiger partial charge in [-0.05, 0) is 24.3 Å². The molecular weight excluding hydrogens is 186 g/mol. The summed E-state index contributed by atoms with van der Waals surface area (Å²) in [7, 11) is 0. The molecule has 1 nitrogen and oxygen atoms in total. The van der Waals surface area contributed by atoms with Gasteiger partial charge < -0.3 is 5.32 Å². The first kappa shape index (κ1) is 8.60. The Morgan fingerprint density at radius 1 is 1.58 bits per heavy atom. The van der Waals surface area contributed by atoms with Crippen LogP contribution in [0.3, 0.4) is 0 Å². The Labute approximate surface area is 81.6 Å². The van der Waals surface area contributed by atoms with E-state index in [1.165, 1.54) is 22.8 Å². The van der Waals surface area contributed by atoms with Crippen LogP contribution in [0.15, 0.2) is 21.7 Å². The highest BCUT2D eigenvalue weighted by atomic mass is 32.2. The Hall–Kier alpha value is 0.01000. The molecule has 66 valence electrons. The largest absolute Gasteiger partial charge is 0.313 e. The molecule has 3 heteroatoms. The number of hydrogen-bond donors (Lipinski definition) is 1. The van der Waals surface area contributed by atoms with Crippen molar-refractivity contribution in [1.82, 2.24) is 5.32 Å². The van der Waals surface area contributed by atoms with E-state index < -0.39 is 0 Å². The third-order valence-corrected chi connectivity index (χ3v) is 3.98. The molecule has 12 heavy (non-hydrogen) atoms. The van der Waals surface area contributed by atoms with Crippen molar-refractivity contribution in [2.45, 2.75) is 23.1 Å². The van der Waals surface area contributed by atoms with Gasteiger partial charge in [0.15, 0.2) is 0 Å². The second kappa shape index (κ2) is 4.30. The molecule has 1 aromatic rings. The first-order valence-corrected chi connectivity index (χ1v) is 6.21. The topological polar surface area (TPSA) is 12.0 Å². The number of thioether (sulfide) groups is 1. The minimum Gasteiger partial charge on any atom is -0.313 e. The monoisotopic (exact) mass is 199 g/mol. The summed E-state index contributed by atoms with van der Waals surface area (Å²) in [6, 6.07) is 5.15. The number of hydrogen-bond acceptors (Lipinski definition) is 3. The van der Waals surface area contributed by atoms with Crippen LogP contribution in [0.1, 0.15) is 12.8 Å². The van der Waals surface area contributed by atoms with Crippen LogP contribution in [0, 0.1) is 0 Å². The van der Waals surface area contributed by atoms with Gasteiger partial charge in [-0.15, -0.1) is 23.1 Å². The molecule has 1 heterocycles. The molecule has 0 saturated heterocycles. The summed E-state index contributed by atoms with van der Waals surface area (Å²) in [6.07, 6.45) is 2.79. The highest BCUT2D eigenvalue weighted by Gasteiger charge is 2.19. The van der Waals surface area contributed by atoms with Crippen LogP contribution in [0.4, 0.5) is 0 Å². The van der Waals surface area contributed by atoms with E-state index in [4.69, 9.17) is 0 Å². The van der Waals surface area contributed by atoms with Crippen LogP contribution in [0.5, 0.6) is 0 Å². The van der Waals surface area contributed by atoms with E-state index in [1.54, 1.807) is 0 Å². The van der Waals surface area contributed by atoms with Crippen molar-refractivity contribution in [3.63, 3.8) is 0 Å². The third-order valence-electron chi connectivity index (χ3n) is 1.85. The second-order valence-corrected chi connectivity index (χ2v) is 5.35. The maximum Gasteiger partial charge on any atom is 0.0598 e. The zero-order valence-corrected chi connectivity index (χ0v) is 8.59. The summed E-state index contributed by atoms with van der Waals surface area (Å²) in [5.41, 5.74) is 0. The van der Waals surface area contributed by atoms with Crippen molar-refractivity contribution in [1.29, 1.82) is 0 Å². The van der Waals surface area contributed by atoms with E-state index in [2.05, 4.69) is 22.8 Å². The summed E-state index contributed by atoms with van der Waals surface area (Å²) < 4.78 is 1.44. The standard InChI is InChI=1S/C9H13NS2/c1-2-9(11-6-1)12-7-5-10-8-3-4-8/h1-2,6,8,10H,3-5,7H2. The highest BCUT2D eigenvalue weighted by molar-refractivity contribution is 8.01. The van der Waals surface area contributed by atoms with Crippen LogP contribution in [-0.4, -0.2) is 18.3 Å². The normalized spacial score (nSPS) is 16.7. The smallest absolute Gasteiger partial charge is 0.0598 e. The van der Waals surface area contributed by atoms with Crippen molar-refractivity contribution in [3.8, 4) is 0 Å². The van der Waals surface area contributed by atoms with Gasteiger partial charge in [-0.1, -0.05) is 6.07 Å². The average molecular weight is 199 g/mol. The lowest BCUT2D eigenvalue weighted by atomic mass is 10.6. The number of rotatable bonds is 5. The van der Waals surface area contributed by atoms with E-state index in [0.29, 0.717) is 0 Å². The second-order valence-electron chi connectivity index (χ2n) is 3.01. The Morgan fingerprint density at radius 2 is 2.50 bits per heavy atom. The zero-order valence-electron chi connectivity index (χ0n) is 6.95. The van der Waals surface area contributed by atoms with Crippen molar-refractivity contribution >= 4 is 23.1 Å². The first-order valence-electron chi connectivity index (χ1n) is 4.35. The predicted molar refractivity (Wildman–Crippen MR) is 56.1 cm³/mol. The SMILES string of the molecule is c1csc(SCCNC2CC2)c1. The molecule has 1 aromatic heterocycles. The maximum atomic E-state index is 3.50. The van der Waals surface area contributed by atoms with E-state index in [9.17, 15) is 0 Å². The van der Waals surface area contributed by atoms with Crippen LogP contribution < -0.4 is 5.32 Å². The van der Waals surface area contributed by atoms with Gasteiger partial charge in [0.1, 0.15) is 0 Å². The number of thiophene rings is 1. The van der Waals surface area contributed by atoms with Crippen molar-refractivity contribution in [3.05, 3.63) is 17.5 Å². The van der Waals surface area contributed by atoms with Gasteiger partial charge in [0.25, 0.3) is 0 Å². The van der Waals surface area contributed by atoms with Gasteiger partial charge >= 0.3 is 0 Å². The van der Waals surface area contributed by atoms with E-state index in [0.717, 1.165) is 12.6 Å². The predicted octanol–water partition coefficient (Wildman–Crippen LogP) is 2.59. The van der Waals surface area contributed by atoms with Crippen molar-refractivity contribution < 1.29 is 0 Å². The molecule has 1 N–H and O–H groups in total. The first-order chi connectivity index (χ1) is 5.95. The molecule has 1 fully saturated rings. The molecule has 0 amide bonds. The zero-order chi connectivity index (χ0) is 8.23. The van der Waals surface area contributed by atoms with Crippen LogP contribution >= 0.6 is 23.1 Å². The summed E-state index contributed by atoms with van der Waals surface area (Å²) in [5, 5.41) is 5.64. The Balaban J connectivity index is 1.56. The van der Waals surface area contributed by atoms with E-state index in [1.807, 2.05) is 23.1 Å². The molecule has 1 aliphatic rings. The molecule has 0 radical (unpaired) electrons. The van der Waals surface area contributed by atoms with Crippen LogP contribution in [-0.2, 0) is 0 Å². The Bertz CT molecular complexity index is 216. The Morgan fingerprint density at radius 3 is 3.17 bits per heavy atom. The summed E-state index contributed by atoms with van der Waals surface area (Å²) in [6.45, 7) is 1.16. The van der Waals surface area contributed by atoms with Gasteiger partial charge in [-0.25, -0.2) is 0 Å². The van der Waals surface area contributed by atoms with Gasteiger partial charge in [0, 0.05) is 18.3 Å². The molecule has 2 rings (SSSR count). The fourth-order valence-corrected chi connectivity index (χ4v) is 2.78. The average Bonchev–Trinajstić information content (AvgIpc) is 2.76. The molecule has 0 atom stereocenters. The van der Waals surface area contributed by atoms with Crippen LogP contribution in [0.2, 0.25) is 0 Å². The van der Waals surface area contributed by atoms with E-state index >= 15 is 0 Å². The minimum absolute atomic E-state index is 0.855. The third kappa shape index (κ3) is 2.81. The van der Waals surface area contributed by atoms with E-state index in [-0.39, 0.29) is 0 Å². The molecule has 1 aliphatic carbocycles. The number of nitrogens with one attached hydrogen (secondary N) is 1. The minimum atomic E-state index is 0.855. The lowest BCUT2D eigenvalue weighted by molar-refractivity contribution is 0.726. The Kier molecular flexibility index (Phi) is 3.08. The fraction of sp³-hybridized carbons (Fsp3) is 0.556. The van der Waals surface area contributed by atoms with Gasteiger partial charge in [-0.3, -0.25) is 0 Å². The fourth-order valence-electron chi connectivity index (χ4n) is 1.05. The van der Waals surface area contributed by atoms with Crippen molar-refractivity contribution in [2.24, 2.45) is 0 Å². The van der Waals surface area contributed by atoms with Gasteiger partial charge in [-0.2, -0.15) is 0 Å². The molecular formula is C9H13NS2.